The van der Waals surface area contributed by atoms with E-state index in [0.29, 0.717) is 25.3 Å². The summed E-state index contributed by atoms with van der Waals surface area (Å²) in [5.74, 6) is -0.155. The van der Waals surface area contributed by atoms with E-state index in [-0.39, 0.29) is 23.9 Å². The number of rotatable bonds is 2. The second kappa shape index (κ2) is 5.89. The van der Waals surface area contributed by atoms with Crippen molar-refractivity contribution in [1.29, 1.82) is 0 Å². The van der Waals surface area contributed by atoms with Gasteiger partial charge in [-0.1, -0.05) is 18.2 Å². The minimum atomic E-state index is -0.365. The second-order valence-corrected chi connectivity index (χ2v) is 5.31. The van der Waals surface area contributed by atoms with Gasteiger partial charge < -0.3 is 15.0 Å². The Labute approximate surface area is 117 Å². The van der Waals surface area contributed by atoms with Crippen LogP contribution in [0.5, 0.6) is 0 Å². The van der Waals surface area contributed by atoms with Gasteiger partial charge in [0.05, 0.1) is 19.2 Å². The molecular weight excluding hydrogens is 259 g/mol. The van der Waals surface area contributed by atoms with Crippen LogP contribution in [0.4, 0.5) is 4.39 Å². The highest BCUT2D eigenvalue weighted by Gasteiger charge is 2.32. The predicted octanol–water partition coefficient (Wildman–Crippen LogP) is 1.48. The summed E-state index contributed by atoms with van der Waals surface area (Å²) in [6.45, 7) is 2.37. The average molecular weight is 278 g/mol. The molecule has 1 aromatic rings. The summed E-state index contributed by atoms with van der Waals surface area (Å²) in [6, 6.07) is 6.53. The van der Waals surface area contributed by atoms with Crippen LogP contribution in [0.1, 0.15) is 24.5 Å². The molecule has 2 saturated heterocycles. The van der Waals surface area contributed by atoms with Crippen molar-refractivity contribution in [3.05, 3.63) is 35.6 Å². The van der Waals surface area contributed by atoms with Crippen molar-refractivity contribution in [1.82, 2.24) is 10.2 Å². The SMILES string of the molecule is O=C([C@@H]1CCCN1)N1CCOC(c2ccccc2F)C1. The van der Waals surface area contributed by atoms with Crippen molar-refractivity contribution in [2.24, 2.45) is 0 Å². The maximum Gasteiger partial charge on any atom is 0.239 e. The Bertz CT molecular complexity index is 489. The van der Waals surface area contributed by atoms with Gasteiger partial charge in [0.15, 0.2) is 0 Å². The van der Waals surface area contributed by atoms with Gasteiger partial charge in [0.25, 0.3) is 0 Å². The van der Waals surface area contributed by atoms with Crippen molar-refractivity contribution in [2.75, 3.05) is 26.2 Å². The highest BCUT2D eigenvalue weighted by molar-refractivity contribution is 5.82. The highest BCUT2D eigenvalue weighted by Crippen LogP contribution is 2.25. The standard InChI is InChI=1S/C15H19FN2O2/c16-12-5-2-1-4-11(12)14-10-18(8-9-20-14)15(19)13-6-3-7-17-13/h1-2,4-5,13-14,17H,3,6-10H2/t13-,14?/m0/s1. The fraction of sp³-hybridized carbons (Fsp3) is 0.533. The van der Waals surface area contributed by atoms with Crippen molar-refractivity contribution in [3.8, 4) is 0 Å². The Balaban J connectivity index is 1.70. The van der Waals surface area contributed by atoms with Crippen molar-refractivity contribution < 1.29 is 13.9 Å². The van der Waals surface area contributed by atoms with E-state index in [4.69, 9.17) is 4.74 Å². The number of carbonyl (C=O) groups is 1. The van der Waals surface area contributed by atoms with E-state index in [1.165, 1.54) is 6.07 Å². The molecule has 0 saturated carbocycles. The normalized spacial score (nSPS) is 26.8. The average Bonchev–Trinajstić information content (AvgIpc) is 3.01. The number of ether oxygens (including phenoxy) is 1. The maximum atomic E-state index is 13.8. The third-order valence-corrected chi connectivity index (χ3v) is 3.99. The lowest BCUT2D eigenvalue weighted by Gasteiger charge is -2.34. The predicted molar refractivity (Wildman–Crippen MR) is 72.7 cm³/mol. The summed E-state index contributed by atoms with van der Waals surface area (Å²) in [6.07, 6.45) is 1.56. The number of benzene rings is 1. The molecule has 2 aliphatic heterocycles. The number of nitrogens with zero attached hydrogens (tertiary/aromatic N) is 1. The topological polar surface area (TPSA) is 41.6 Å². The Hall–Kier alpha value is -1.46. The van der Waals surface area contributed by atoms with Gasteiger partial charge in [0.2, 0.25) is 5.91 Å². The zero-order valence-electron chi connectivity index (χ0n) is 11.3. The monoisotopic (exact) mass is 278 g/mol. The molecule has 0 spiro atoms. The van der Waals surface area contributed by atoms with Crippen LogP contribution < -0.4 is 5.32 Å². The molecule has 2 aliphatic rings. The van der Waals surface area contributed by atoms with E-state index in [9.17, 15) is 9.18 Å². The fourth-order valence-electron chi connectivity index (χ4n) is 2.89. The van der Waals surface area contributed by atoms with Gasteiger partial charge in [-0.05, 0) is 25.5 Å². The lowest BCUT2D eigenvalue weighted by Crippen LogP contribution is -2.49. The van der Waals surface area contributed by atoms with E-state index in [2.05, 4.69) is 5.32 Å². The minimum absolute atomic E-state index is 0.0747. The van der Waals surface area contributed by atoms with Crippen molar-refractivity contribution in [3.63, 3.8) is 0 Å². The van der Waals surface area contributed by atoms with Crippen LogP contribution in [0.25, 0.3) is 0 Å². The largest absolute Gasteiger partial charge is 0.370 e. The first kappa shape index (κ1) is 13.5. The van der Waals surface area contributed by atoms with Crippen LogP contribution in [-0.4, -0.2) is 43.1 Å². The Morgan fingerprint density at radius 3 is 3.00 bits per heavy atom. The third kappa shape index (κ3) is 2.69. The summed E-state index contributed by atoms with van der Waals surface area (Å²) in [4.78, 5) is 14.2. The Morgan fingerprint density at radius 1 is 1.40 bits per heavy atom. The molecular formula is C15H19FN2O2. The molecule has 2 atom stereocenters. The summed E-state index contributed by atoms with van der Waals surface area (Å²) in [5, 5.41) is 3.21. The zero-order chi connectivity index (χ0) is 13.9. The molecule has 0 aromatic heterocycles. The number of morpholine rings is 1. The molecule has 3 rings (SSSR count). The van der Waals surface area contributed by atoms with Crippen LogP contribution in [-0.2, 0) is 9.53 Å². The maximum absolute atomic E-state index is 13.8. The van der Waals surface area contributed by atoms with Gasteiger partial charge in [-0.3, -0.25) is 4.79 Å². The van der Waals surface area contributed by atoms with Gasteiger partial charge in [-0.2, -0.15) is 0 Å². The smallest absolute Gasteiger partial charge is 0.239 e. The van der Waals surface area contributed by atoms with Gasteiger partial charge in [-0.25, -0.2) is 4.39 Å². The lowest BCUT2D eigenvalue weighted by atomic mass is 10.1. The van der Waals surface area contributed by atoms with E-state index >= 15 is 0 Å². The minimum Gasteiger partial charge on any atom is -0.370 e. The third-order valence-electron chi connectivity index (χ3n) is 3.99. The number of amides is 1. The first-order valence-corrected chi connectivity index (χ1v) is 7.14. The van der Waals surface area contributed by atoms with Crippen molar-refractivity contribution in [2.45, 2.75) is 25.0 Å². The number of halogens is 1. The molecule has 108 valence electrons. The molecule has 1 N–H and O–H groups in total. The van der Waals surface area contributed by atoms with Crippen LogP contribution >= 0.6 is 0 Å². The number of hydrogen-bond donors (Lipinski definition) is 1. The number of hydrogen-bond acceptors (Lipinski definition) is 3. The van der Waals surface area contributed by atoms with E-state index < -0.39 is 0 Å². The number of carbonyl (C=O) groups excluding carboxylic acids is 1. The van der Waals surface area contributed by atoms with Gasteiger partial charge in [0.1, 0.15) is 11.9 Å². The van der Waals surface area contributed by atoms with Crippen LogP contribution in [0.3, 0.4) is 0 Å². The Kier molecular flexibility index (Phi) is 3.98. The molecule has 0 radical (unpaired) electrons. The highest BCUT2D eigenvalue weighted by atomic mass is 19.1. The van der Waals surface area contributed by atoms with Crippen molar-refractivity contribution >= 4 is 5.91 Å². The Morgan fingerprint density at radius 2 is 2.25 bits per heavy atom. The fourth-order valence-corrected chi connectivity index (χ4v) is 2.89. The molecule has 1 aromatic carbocycles. The van der Waals surface area contributed by atoms with Crippen LogP contribution in [0, 0.1) is 5.82 Å². The molecule has 20 heavy (non-hydrogen) atoms. The quantitative estimate of drug-likeness (QED) is 0.891. The molecule has 5 heteroatoms. The summed E-state index contributed by atoms with van der Waals surface area (Å²) >= 11 is 0. The number of nitrogens with one attached hydrogen (secondary N) is 1. The van der Waals surface area contributed by atoms with Gasteiger partial charge in [0, 0.05) is 12.1 Å². The lowest BCUT2D eigenvalue weighted by molar-refractivity contribution is -0.141. The van der Waals surface area contributed by atoms with E-state index in [1.807, 2.05) is 0 Å². The first-order valence-electron chi connectivity index (χ1n) is 7.14. The van der Waals surface area contributed by atoms with Gasteiger partial charge >= 0.3 is 0 Å². The molecule has 2 heterocycles. The molecule has 0 aliphatic carbocycles. The summed E-state index contributed by atoms with van der Waals surface area (Å²) in [5.41, 5.74) is 0.532. The second-order valence-electron chi connectivity index (χ2n) is 5.31. The van der Waals surface area contributed by atoms with E-state index in [0.717, 1.165) is 19.4 Å². The first-order chi connectivity index (χ1) is 9.75. The molecule has 1 unspecified atom stereocenters. The molecule has 4 nitrogen and oxygen atoms in total. The summed E-state index contributed by atoms with van der Waals surface area (Å²) in [7, 11) is 0. The van der Waals surface area contributed by atoms with Crippen LogP contribution in [0.2, 0.25) is 0 Å². The molecule has 0 bridgehead atoms. The molecule has 1 amide bonds. The summed E-state index contributed by atoms with van der Waals surface area (Å²) < 4.78 is 19.4. The zero-order valence-corrected chi connectivity index (χ0v) is 11.3. The van der Waals surface area contributed by atoms with Gasteiger partial charge in [-0.15, -0.1) is 0 Å². The van der Waals surface area contributed by atoms with Crippen LogP contribution in [0.15, 0.2) is 24.3 Å². The molecule has 2 fully saturated rings. The van der Waals surface area contributed by atoms with E-state index in [1.54, 1.807) is 23.1 Å².